The molecule has 0 saturated carbocycles. The zero-order valence-corrected chi connectivity index (χ0v) is 18.4. The highest BCUT2D eigenvalue weighted by Crippen LogP contribution is 2.22. The first-order valence-corrected chi connectivity index (χ1v) is 12.2. The number of amides is 1. The van der Waals surface area contributed by atoms with E-state index in [-0.39, 0.29) is 0 Å². The summed E-state index contributed by atoms with van der Waals surface area (Å²) in [6.07, 6.45) is 22.1. The van der Waals surface area contributed by atoms with Crippen molar-refractivity contribution in [2.75, 3.05) is 11.4 Å². The van der Waals surface area contributed by atoms with Crippen LogP contribution in [-0.4, -0.2) is 12.5 Å². The maximum Gasteiger partial charge on any atom is 0.226 e. The maximum atomic E-state index is 12.2. The van der Waals surface area contributed by atoms with E-state index in [1.165, 1.54) is 95.5 Å². The van der Waals surface area contributed by atoms with E-state index in [1.807, 2.05) is 4.90 Å². The van der Waals surface area contributed by atoms with E-state index in [4.69, 9.17) is 0 Å². The molecular weight excluding hydrogens is 342 g/mol. The van der Waals surface area contributed by atoms with Gasteiger partial charge in [-0.25, -0.2) is 0 Å². The molecule has 158 valence electrons. The number of aryl methyl sites for hydroxylation is 1. The molecule has 1 amide bonds. The first-order valence-electron chi connectivity index (χ1n) is 12.2. The minimum absolute atomic E-state index is 0.297. The summed E-state index contributed by atoms with van der Waals surface area (Å²) in [7, 11) is 0. The number of benzene rings is 1. The van der Waals surface area contributed by atoms with Crippen LogP contribution in [0.1, 0.15) is 115 Å². The molecular formula is C26H43NO. The predicted octanol–water partition coefficient (Wildman–Crippen LogP) is 7.84. The Hall–Kier alpha value is -1.31. The zero-order chi connectivity index (χ0) is 19.9. The maximum absolute atomic E-state index is 12.2. The van der Waals surface area contributed by atoms with Crippen molar-refractivity contribution in [2.24, 2.45) is 0 Å². The molecule has 1 aromatic rings. The molecule has 0 spiro atoms. The Balaban J connectivity index is 1.51. The largest absolute Gasteiger partial charge is 0.312 e. The summed E-state index contributed by atoms with van der Waals surface area (Å²) < 4.78 is 0. The molecule has 0 bridgehead atoms. The lowest BCUT2D eigenvalue weighted by Crippen LogP contribution is -2.29. The summed E-state index contributed by atoms with van der Waals surface area (Å²) in [6, 6.07) is 8.76. The summed E-state index contributed by atoms with van der Waals surface area (Å²) in [5.74, 6) is 0.297. The SMILES string of the molecule is CCCCCCCCCCCCCCc1ccc(N2CCCCCC2=O)cc1. The number of unbranched alkanes of at least 4 members (excludes halogenated alkanes) is 11. The highest BCUT2D eigenvalue weighted by molar-refractivity contribution is 5.93. The van der Waals surface area contributed by atoms with E-state index in [0.717, 1.165) is 25.1 Å². The van der Waals surface area contributed by atoms with Gasteiger partial charge in [-0.3, -0.25) is 4.79 Å². The molecule has 1 saturated heterocycles. The third kappa shape index (κ3) is 9.26. The van der Waals surface area contributed by atoms with Crippen LogP contribution >= 0.6 is 0 Å². The second-order valence-electron chi connectivity index (χ2n) is 8.66. The second-order valence-corrected chi connectivity index (χ2v) is 8.66. The number of carbonyl (C=O) groups excluding carboxylic acids is 1. The lowest BCUT2D eigenvalue weighted by molar-refractivity contribution is -0.118. The Morgan fingerprint density at radius 2 is 1.29 bits per heavy atom. The van der Waals surface area contributed by atoms with Gasteiger partial charge in [0.05, 0.1) is 0 Å². The van der Waals surface area contributed by atoms with E-state index in [2.05, 4.69) is 31.2 Å². The van der Waals surface area contributed by atoms with Gasteiger partial charge in [-0.2, -0.15) is 0 Å². The third-order valence-electron chi connectivity index (χ3n) is 6.14. The van der Waals surface area contributed by atoms with Crippen LogP contribution in [0.3, 0.4) is 0 Å². The lowest BCUT2D eigenvalue weighted by Gasteiger charge is -2.20. The van der Waals surface area contributed by atoms with Crippen LogP contribution in [0.2, 0.25) is 0 Å². The standard InChI is InChI=1S/C26H43NO/c1-2-3-4-5-6-7-8-9-10-11-12-14-17-24-19-21-25(22-20-24)27-23-16-13-15-18-26(27)28/h19-22H,2-18,23H2,1H3. The predicted molar refractivity (Wildman–Crippen MR) is 122 cm³/mol. The molecule has 2 heteroatoms. The molecule has 0 N–H and O–H groups in total. The fourth-order valence-corrected chi connectivity index (χ4v) is 4.27. The molecule has 1 aromatic carbocycles. The summed E-state index contributed by atoms with van der Waals surface area (Å²) >= 11 is 0. The molecule has 0 unspecified atom stereocenters. The summed E-state index contributed by atoms with van der Waals surface area (Å²) in [5.41, 5.74) is 2.50. The van der Waals surface area contributed by atoms with Crippen LogP contribution in [-0.2, 0) is 11.2 Å². The quantitative estimate of drug-likeness (QED) is 0.299. The van der Waals surface area contributed by atoms with E-state index >= 15 is 0 Å². The highest BCUT2D eigenvalue weighted by atomic mass is 16.2. The molecule has 1 fully saturated rings. The van der Waals surface area contributed by atoms with Gasteiger partial charge in [0.25, 0.3) is 0 Å². The topological polar surface area (TPSA) is 20.3 Å². The minimum Gasteiger partial charge on any atom is -0.312 e. The van der Waals surface area contributed by atoms with Gasteiger partial charge in [0, 0.05) is 18.7 Å². The van der Waals surface area contributed by atoms with Crippen LogP contribution in [0.15, 0.2) is 24.3 Å². The van der Waals surface area contributed by atoms with Gasteiger partial charge in [-0.1, -0.05) is 96.1 Å². The highest BCUT2D eigenvalue weighted by Gasteiger charge is 2.17. The van der Waals surface area contributed by atoms with E-state index in [1.54, 1.807) is 0 Å². The number of carbonyl (C=O) groups is 1. The Labute approximate surface area is 174 Å². The van der Waals surface area contributed by atoms with Gasteiger partial charge in [0.1, 0.15) is 0 Å². The van der Waals surface area contributed by atoms with Crippen molar-refractivity contribution in [2.45, 2.75) is 116 Å². The Morgan fingerprint density at radius 1 is 0.714 bits per heavy atom. The second kappa shape index (κ2) is 14.7. The van der Waals surface area contributed by atoms with Gasteiger partial charge in [-0.15, -0.1) is 0 Å². The number of hydrogen-bond donors (Lipinski definition) is 0. The first-order chi connectivity index (χ1) is 13.8. The fraction of sp³-hybridized carbons (Fsp3) is 0.731. The average molecular weight is 386 g/mol. The summed E-state index contributed by atoms with van der Waals surface area (Å²) in [6.45, 7) is 3.17. The van der Waals surface area contributed by atoms with Crippen LogP contribution < -0.4 is 4.90 Å². The van der Waals surface area contributed by atoms with Crippen molar-refractivity contribution < 1.29 is 4.79 Å². The molecule has 2 rings (SSSR count). The molecule has 1 heterocycles. The van der Waals surface area contributed by atoms with Crippen molar-refractivity contribution in [1.82, 2.24) is 0 Å². The fourth-order valence-electron chi connectivity index (χ4n) is 4.27. The molecule has 2 nitrogen and oxygen atoms in total. The van der Waals surface area contributed by atoms with Crippen LogP contribution in [0, 0.1) is 0 Å². The van der Waals surface area contributed by atoms with E-state index in [0.29, 0.717) is 12.3 Å². The molecule has 0 aromatic heterocycles. The van der Waals surface area contributed by atoms with Crippen LogP contribution in [0.5, 0.6) is 0 Å². The monoisotopic (exact) mass is 385 g/mol. The molecule has 1 aliphatic heterocycles. The van der Waals surface area contributed by atoms with Gasteiger partial charge >= 0.3 is 0 Å². The average Bonchev–Trinajstić information content (AvgIpc) is 2.93. The lowest BCUT2D eigenvalue weighted by atomic mass is 10.0. The van der Waals surface area contributed by atoms with Crippen LogP contribution in [0.4, 0.5) is 5.69 Å². The van der Waals surface area contributed by atoms with Gasteiger partial charge < -0.3 is 4.90 Å². The summed E-state index contributed by atoms with van der Waals surface area (Å²) in [5, 5.41) is 0. The van der Waals surface area contributed by atoms with Gasteiger partial charge in [0.2, 0.25) is 5.91 Å². The molecule has 0 atom stereocenters. The molecule has 28 heavy (non-hydrogen) atoms. The van der Waals surface area contributed by atoms with E-state index < -0.39 is 0 Å². The normalized spacial score (nSPS) is 15.0. The number of hydrogen-bond acceptors (Lipinski definition) is 1. The van der Waals surface area contributed by atoms with Gasteiger partial charge in [-0.05, 0) is 43.4 Å². The van der Waals surface area contributed by atoms with Crippen molar-refractivity contribution in [3.05, 3.63) is 29.8 Å². The Morgan fingerprint density at radius 3 is 1.89 bits per heavy atom. The number of nitrogens with zero attached hydrogens (tertiary/aromatic N) is 1. The number of anilines is 1. The van der Waals surface area contributed by atoms with E-state index in [9.17, 15) is 4.79 Å². The third-order valence-corrected chi connectivity index (χ3v) is 6.14. The zero-order valence-electron chi connectivity index (χ0n) is 18.4. The molecule has 0 aliphatic carbocycles. The minimum atomic E-state index is 0.297. The van der Waals surface area contributed by atoms with Crippen LogP contribution in [0.25, 0.3) is 0 Å². The summed E-state index contributed by atoms with van der Waals surface area (Å²) in [4.78, 5) is 14.2. The molecule has 0 radical (unpaired) electrons. The molecule has 1 aliphatic rings. The first kappa shape index (κ1) is 23.0. The Bertz CT molecular complexity index is 522. The van der Waals surface area contributed by atoms with Crippen molar-refractivity contribution in [3.63, 3.8) is 0 Å². The van der Waals surface area contributed by atoms with Gasteiger partial charge in [0.15, 0.2) is 0 Å². The van der Waals surface area contributed by atoms with Crippen molar-refractivity contribution >= 4 is 11.6 Å². The van der Waals surface area contributed by atoms with Crippen molar-refractivity contribution in [1.29, 1.82) is 0 Å². The Kier molecular flexibility index (Phi) is 12.0. The van der Waals surface area contributed by atoms with Crippen molar-refractivity contribution in [3.8, 4) is 0 Å². The number of rotatable bonds is 14. The smallest absolute Gasteiger partial charge is 0.226 e.